The summed E-state index contributed by atoms with van der Waals surface area (Å²) in [6.07, 6.45) is 18.8. The van der Waals surface area contributed by atoms with E-state index in [0.29, 0.717) is 31.1 Å². The normalized spacial score (nSPS) is 23.2. The quantitative estimate of drug-likeness (QED) is 0.116. The first-order valence-corrected chi connectivity index (χ1v) is 16.2. The van der Waals surface area contributed by atoms with E-state index in [1.54, 1.807) is 6.92 Å². The Morgan fingerprint density at radius 2 is 1.62 bits per heavy atom. The molecule has 0 aliphatic heterocycles. The highest BCUT2D eigenvalue weighted by Crippen LogP contribution is 2.45. The van der Waals surface area contributed by atoms with Crippen LogP contribution in [-0.4, -0.2) is 42.6 Å². The number of carbonyl (C=O) groups excluding carboxylic acids is 1. The van der Waals surface area contributed by atoms with Crippen molar-refractivity contribution in [3.8, 4) is 5.75 Å². The van der Waals surface area contributed by atoms with Crippen LogP contribution in [0.5, 0.6) is 5.75 Å². The predicted octanol–water partition coefficient (Wildman–Crippen LogP) is 7.77. The highest BCUT2D eigenvalue weighted by Gasteiger charge is 2.31. The van der Waals surface area contributed by atoms with E-state index in [2.05, 4.69) is 31.7 Å². The van der Waals surface area contributed by atoms with Crippen LogP contribution in [0.3, 0.4) is 0 Å². The molecule has 5 heteroatoms. The molecule has 0 saturated heterocycles. The van der Waals surface area contributed by atoms with Crippen molar-refractivity contribution in [1.82, 2.24) is 0 Å². The largest absolute Gasteiger partial charge is 0.493 e. The topological polar surface area (TPSA) is 76.0 Å². The van der Waals surface area contributed by atoms with Crippen LogP contribution >= 0.6 is 0 Å². The van der Waals surface area contributed by atoms with E-state index >= 15 is 0 Å². The molecule has 226 valence electrons. The van der Waals surface area contributed by atoms with E-state index in [0.717, 1.165) is 41.9 Å². The van der Waals surface area contributed by atoms with Crippen molar-refractivity contribution in [2.75, 3.05) is 26.4 Å². The maximum Gasteiger partial charge on any atom is 0.333 e. The molecule has 3 rings (SSSR count). The number of aryl methyl sites for hydroxylation is 1. The van der Waals surface area contributed by atoms with Gasteiger partial charge in [-0.2, -0.15) is 0 Å². The summed E-state index contributed by atoms with van der Waals surface area (Å²) in [4.78, 5) is 11.8. The molecule has 2 N–H and O–H groups in total. The van der Waals surface area contributed by atoms with Crippen LogP contribution in [0.25, 0.3) is 0 Å². The van der Waals surface area contributed by atoms with E-state index in [4.69, 9.17) is 9.47 Å². The Morgan fingerprint density at radius 3 is 2.25 bits per heavy atom. The second-order valence-corrected chi connectivity index (χ2v) is 12.6. The number of aliphatic hydroxyl groups excluding tert-OH is 2. The number of carbonyl (C=O) groups is 1. The lowest BCUT2D eigenvalue weighted by atomic mass is 9.68. The highest BCUT2D eigenvalue weighted by molar-refractivity contribution is 5.86. The summed E-state index contributed by atoms with van der Waals surface area (Å²) in [5.41, 5.74) is 2.98. The molecule has 40 heavy (non-hydrogen) atoms. The molecule has 2 aliphatic carbocycles. The lowest BCUT2D eigenvalue weighted by Crippen LogP contribution is -2.25. The summed E-state index contributed by atoms with van der Waals surface area (Å²) in [6.45, 7) is 8.35. The maximum absolute atomic E-state index is 11.8. The molecule has 0 heterocycles. The number of benzene rings is 1. The Balaban J connectivity index is 1.54. The maximum atomic E-state index is 11.8. The predicted molar refractivity (Wildman–Crippen MR) is 163 cm³/mol. The molecule has 0 bridgehead atoms. The van der Waals surface area contributed by atoms with Crippen molar-refractivity contribution in [1.29, 1.82) is 0 Å². The summed E-state index contributed by atoms with van der Waals surface area (Å²) in [5, 5.41) is 18.8. The molecule has 0 atom stereocenters. The first-order chi connectivity index (χ1) is 19.4. The summed E-state index contributed by atoms with van der Waals surface area (Å²) in [6, 6.07) is 6.66. The SMILES string of the molecule is C=C(C)C(=O)OCCCc1cc(C2CCC(C3CCC(CCCCC)CC3)CC2)ccc1OCCC(CO)CO. The van der Waals surface area contributed by atoms with Crippen LogP contribution < -0.4 is 4.74 Å². The van der Waals surface area contributed by atoms with Gasteiger partial charge in [-0.25, -0.2) is 4.79 Å². The van der Waals surface area contributed by atoms with Crippen molar-refractivity contribution in [2.45, 2.75) is 116 Å². The van der Waals surface area contributed by atoms with Crippen LogP contribution in [0.2, 0.25) is 0 Å². The molecule has 1 aromatic rings. The number of esters is 1. The Bertz CT molecular complexity index is 876. The molecule has 1 aromatic carbocycles. The molecule has 5 nitrogen and oxygen atoms in total. The molecule has 2 fully saturated rings. The molecule has 0 amide bonds. The average Bonchev–Trinajstić information content (AvgIpc) is 2.98. The molecule has 2 saturated carbocycles. The molecule has 0 unspecified atom stereocenters. The first kappa shape index (κ1) is 32.7. The van der Waals surface area contributed by atoms with Gasteiger partial charge in [0.2, 0.25) is 0 Å². The summed E-state index contributed by atoms with van der Waals surface area (Å²) in [5.74, 6) is 3.79. The smallest absolute Gasteiger partial charge is 0.333 e. The number of aliphatic hydroxyl groups is 2. The van der Waals surface area contributed by atoms with Crippen molar-refractivity contribution < 1.29 is 24.5 Å². The van der Waals surface area contributed by atoms with Gasteiger partial charge in [-0.05, 0) is 106 Å². The Hall–Kier alpha value is -1.85. The summed E-state index contributed by atoms with van der Waals surface area (Å²) >= 11 is 0. The van der Waals surface area contributed by atoms with Crippen molar-refractivity contribution in [3.05, 3.63) is 41.5 Å². The van der Waals surface area contributed by atoms with E-state index in [9.17, 15) is 15.0 Å². The standard InChI is InChI=1S/C35H56O5/c1-4-5-6-8-27-10-12-29(13-11-27)30-14-16-31(17-15-30)32-18-19-34(39-22-20-28(24-36)25-37)33(23-32)9-7-21-40-35(38)26(2)3/h18-19,23,27-31,36-37H,2,4-17,20-22,24-25H2,1,3H3. The monoisotopic (exact) mass is 556 g/mol. The zero-order valence-electron chi connectivity index (χ0n) is 25.4. The lowest BCUT2D eigenvalue weighted by molar-refractivity contribution is -0.139. The number of hydrogen-bond acceptors (Lipinski definition) is 5. The van der Waals surface area contributed by atoms with Crippen LogP contribution in [0, 0.1) is 23.7 Å². The van der Waals surface area contributed by atoms with Gasteiger partial charge in [0, 0.05) is 24.7 Å². The Kier molecular flexibility index (Phi) is 14.6. The zero-order valence-corrected chi connectivity index (χ0v) is 25.4. The minimum absolute atomic E-state index is 0.0389. The second-order valence-electron chi connectivity index (χ2n) is 12.6. The van der Waals surface area contributed by atoms with Gasteiger partial charge in [-0.3, -0.25) is 0 Å². The van der Waals surface area contributed by atoms with Gasteiger partial charge in [-0.15, -0.1) is 0 Å². The van der Waals surface area contributed by atoms with Crippen LogP contribution in [0.15, 0.2) is 30.4 Å². The van der Waals surface area contributed by atoms with Crippen molar-refractivity contribution in [3.63, 3.8) is 0 Å². The third kappa shape index (κ3) is 10.5. The minimum atomic E-state index is -0.342. The van der Waals surface area contributed by atoms with Crippen LogP contribution in [0.1, 0.15) is 121 Å². The van der Waals surface area contributed by atoms with Gasteiger partial charge in [-0.1, -0.05) is 64.2 Å². The van der Waals surface area contributed by atoms with Gasteiger partial charge < -0.3 is 19.7 Å². The van der Waals surface area contributed by atoms with E-state index < -0.39 is 0 Å². The summed E-state index contributed by atoms with van der Waals surface area (Å²) < 4.78 is 11.4. The van der Waals surface area contributed by atoms with Gasteiger partial charge in [0.05, 0.1) is 13.2 Å². The molecular formula is C35H56O5. The molecule has 0 radical (unpaired) electrons. The van der Waals surface area contributed by atoms with E-state index in [1.807, 2.05) is 0 Å². The zero-order chi connectivity index (χ0) is 28.7. The van der Waals surface area contributed by atoms with Crippen molar-refractivity contribution >= 4 is 5.97 Å². The van der Waals surface area contributed by atoms with Crippen LogP contribution in [-0.2, 0) is 16.0 Å². The highest BCUT2D eigenvalue weighted by atomic mass is 16.5. The first-order valence-electron chi connectivity index (χ1n) is 16.2. The number of hydrogen-bond donors (Lipinski definition) is 2. The van der Waals surface area contributed by atoms with Crippen LogP contribution in [0.4, 0.5) is 0 Å². The lowest BCUT2D eigenvalue weighted by Gasteiger charge is -2.38. The Morgan fingerprint density at radius 1 is 0.950 bits per heavy atom. The fraction of sp³-hybridized carbons (Fsp3) is 0.743. The molecule has 0 spiro atoms. The third-order valence-corrected chi connectivity index (χ3v) is 9.57. The van der Waals surface area contributed by atoms with Gasteiger partial charge in [0.15, 0.2) is 0 Å². The van der Waals surface area contributed by atoms with Gasteiger partial charge >= 0.3 is 5.97 Å². The fourth-order valence-electron chi connectivity index (χ4n) is 6.87. The van der Waals surface area contributed by atoms with E-state index in [-0.39, 0.29) is 25.1 Å². The average molecular weight is 557 g/mol. The third-order valence-electron chi connectivity index (χ3n) is 9.57. The summed E-state index contributed by atoms with van der Waals surface area (Å²) in [7, 11) is 0. The number of ether oxygens (including phenoxy) is 2. The Labute approximate surface area is 243 Å². The fourth-order valence-corrected chi connectivity index (χ4v) is 6.87. The molecule has 0 aromatic heterocycles. The minimum Gasteiger partial charge on any atom is -0.493 e. The number of unbranched alkanes of at least 4 members (excludes halogenated alkanes) is 2. The number of rotatable bonds is 17. The molecular weight excluding hydrogens is 500 g/mol. The second kappa shape index (κ2) is 17.9. The van der Waals surface area contributed by atoms with E-state index in [1.165, 1.54) is 82.6 Å². The van der Waals surface area contributed by atoms with Gasteiger partial charge in [0.25, 0.3) is 0 Å². The van der Waals surface area contributed by atoms with Crippen molar-refractivity contribution in [2.24, 2.45) is 23.7 Å². The molecule has 2 aliphatic rings. The van der Waals surface area contributed by atoms with Gasteiger partial charge in [0.1, 0.15) is 5.75 Å².